The fraction of sp³-hybridized carbons (Fsp3) is 0.176. The first-order valence-corrected chi connectivity index (χ1v) is 6.54. The average Bonchev–Trinajstić information content (AvgIpc) is 2.53. The predicted molar refractivity (Wildman–Crippen MR) is 78.8 cm³/mol. The first kappa shape index (κ1) is 14.0. The molecule has 1 N–H and O–H groups in total. The second-order valence-electron chi connectivity index (χ2n) is 4.66. The van der Waals surface area contributed by atoms with Crippen molar-refractivity contribution in [1.29, 1.82) is 0 Å². The lowest BCUT2D eigenvalue weighted by Crippen LogP contribution is -2.23. The highest BCUT2D eigenvalue weighted by atomic mass is 16.1. The van der Waals surface area contributed by atoms with Crippen LogP contribution >= 0.6 is 0 Å². The largest absolute Gasteiger partial charge is 0.359 e. The van der Waals surface area contributed by atoms with Crippen LogP contribution in [0, 0.1) is 0 Å². The molecule has 0 heterocycles. The maximum absolute atomic E-state index is 12.4. The molecule has 3 nitrogen and oxygen atoms in total. The second kappa shape index (κ2) is 6.15. The Morgan fingerprint density at radius 3 is 2.25 bits per heavy atom. The van der Waals surface area contributed by atoms with Crippen LogP contribution in [0.25, 0.3) is 0 Å². The van der Waals surface area contributed by atoms with Crippen molar-refractivity contribution >= 4 is 11.7 Å². The minimum Gasteiger partial charge on any atom is -0.359 e. The van der Waals surface area contributed by atoms with Gasteiger partial charge in [0.1, 0.15) is 0 Å². The number of ketones is 1. The number of nitrogens with one attached hydrogen (secondary N) is 1. The van der Waals surface area contributed by atoms with Crippen LogP contribution in [-0.2, 0) is 4.79 Å². The molecule has 3 heteroatoms. The van der Waals surface area contributed by atoms with Crippen LogP contribution < -0.4 is 5.32 Å². The zero-order valence-electron chi connectivity index (χ0n) is 11.6. The maximum Gasteiger partial charge on any atom is 0.227 e. The summed E-state index contributed by atoms with van der Waals surface area (Å²) in [4.78, 5) is 24.0. The van der Waals surface area contributed by atoms with Crippen molar-refractivity contribution in [2.75, 3.05) is 7.05 Å². The Kier molecular flexibility index (Phi) is 4.31. The van der Waals surface area contributed by atoms with E-state index < -0.39 is 0 Å². The molecular formula is C17H17NO2. The Morgan fingerprint density at radius 1 is 0.950 bits per heavy atom. The van der Waals surface area contributed by atoms with Gasteiger partial charge in [0, 0.05) is 18.2 Å². The van der Waals surface area contributed by atoms with E-state index in [1.165, 1.54) is 0 Å². The number of carbonyl (C=O) groups is 2. The molecule has 0 aliphatic rings. The molecule has 1 atom stereocenters. The van der Waals surface area contributed by atoms with Crippen molar-refractivity contribution in [3.8, 4) is 0 Å². The molecule has 0 spiro atoms. The van der Waals surface area contributed by atoms with Gasteiger partial charge in [0.05, 0.1) is 5.92 Å². The molecule has 0 fully saturated rings. The van der Waals surface area contributed by atoms with Crippen molar-refractivity contribution in [2.24, 2.45) is 0 Å². The van der Waals surface area contributed by atoms with Gasteiger partial charge in [0.25, 0.3) is 0 Å². The SMILES string of the molecule is CNC(=O)C(C)c1cccc(C(=O)c2ccccc2)c1. The Balaban J connectivity index is 2.31. The summed E-state index contributed by atoms with van der Waals surface area (Å²) in [5.41, 5.74) is 2.09. The monoisotopic (exact) mass is 267 g/mol. The fourth-order valence-electron chi connectivity index (χ4n) is 2.07. The molecule has 2 aromatic carbocycles. The zero-order valence-corrected chi connectivity index (χ0v) is 11.6. The molecule has 0 bridgehead atoms. The third kappa shape index (κ3) is 2.94. The molecule has 2 aromatic rings. The van der Waals surface area contributed by atoms with Gasteiger partial charge in [-0.25, -0.2) is 0 Å². The smallest absolute Gasteiger partial charge is 0.227 e. The summed E-state index contributed by atoms with van der Waals surface area (Å²) in [6.07, 6.45) is 0. The minimum absolute atomic E-state index is 0.0310. The van der Waals surface area contributed by atoms with Gasteiger partial charge in [0.15, 0.2) is 5.78 Å². The first-order valence-electron chi connectivity index (χ1n) is 6.54. The van der Waals surface area contributed by atoms with Crippen molar-refractivity contribution in [1.82, 2.24) is 5.32 Å². The summed E-state index contributed by atoms with van der Waals surface area (Å²) < 4.78 is 0. The van der Waals surface area contributed by atoms with Gasteiger partial charge in [-0.15, -0.1) is 0 Å². The van der Waals surface area contributed by atoms with E-state index in [0.29, 0.717) is 11.1 Å². The highest BCUT2D eigenvalue weighted by Crippen LogP contribution is 2.18. The van der Waals surface area contributed by atoms with Crippen molar-refractivity contribution in [2.45, 2.75) is 12.8 Å². The van der Waals surface area contributed by atoms with E-state index in [2.05, 4.69) is 5.32 Å². The van der Waals surface area contributed by atoms with Gasteiger partial charge in [-0.3, -0.25) is 9.59 Å². The molecule has 0 aliphatic heterocycles. The molecule has 0 saturated heterocycles. The predicted octanol–water partition coefficient (Wildman–Crippen LogP) is 2.77. The standard InChI is InChI=1S/C17H17NO2/c1-12(17(20)18-2)14-9-6-10-15(11-14)16(19)13-7-4-3-5-8-13/h3-12H,1-2H3,(H,18,20). The summed E-state index contributed by atoms with van der Waals surface area (Å²) in [7, 11) is 1.61. The lowest BCUT2D eigenvalue weighted by Gasteiger charge is -2.11. The zero-order chi connectivity index (χ0) is 14.5. The second-order valence-corrected chi connectivity index (χ2v) is 4.66. The van der Waals surface area contributed by atoms with Crippen molar-refractivity contribution < 1.29 is 9.59 Å². The first-order chi connectivity index (χ1) is 9.63. The van der Waals surface area contributed by atoms with Gasteiger partial charge < -0.3 is 5.32 Å². The number of benzene rings is 2. The number of likely N-dealkylation sites (N-methyl/N-ethyl adjacent to an activating group) is 1. The Bertz CT molecular complexity index is 620. The molecule has 2 rings (SSSR count). The van der Waals surface area contributed by atoms with Crippen LogP contribution in [0.2, 0.25) is 0 Å². The Morgan fingerprint density at radius 2 is 1.60 bits per heavy atom. The van der Waals surface area contributed by atoms with Gasteiger partial charge in [-0.2, -0.15) is 0 Å². The third-order valence-electron chi connectivity index (χ3n) is 3.32. The number of rotatable bonds is 4. The van der Waals surface area contributed by atoms with Crippen LogP contribution in [0.4, 0.5) is 0 Å². The molecule has 0 radical (unpaired) electrons. The number of amides is 1. The van der Waals surface area contributed by atoms with Crippen LogP contribution in [0.3, 0.4) is 0 Å². The normalized spacial score (nSPS) is 11.7. The summed E-state index contributed by atoms with van der Waals surface area (Å²) in [6.45, 7) is 1.82. The van der Waals surface area contributed by atoms with Crippen LogP contribution in [0.15, 0.2) is 54.6 Å². The highest BCUT2D eigenvalue weighted by Gasteiger charge is 2.16. The van der Waals surface area contributed by atoms with E-state index in [4.69, 9.17) is 0 Å². The van der Waals surface area contributed by atoms with Gasteiger partial charge in [0.2, 0.25) is 5.91 Å². The Hall–Kier alpha value is -2.42. The van der Waals surface area contributed by atoms with Crippen LogP contribution in [-0.4, -0.2) is 18.7 Å². The maximum atomic E-state index is 12.4. The minimum atomic E-state index is -0.275. The topological polar surface area (TPSA) is 46.2 Å². The van der Waals surface area contributed by atoms with Gasteiger partial charge in [-0.1, -0.05) is 48.5 Å². The quantitative estimate of drug-likeness (QED) is 0.866. The molecule has 102 valence electrons. The van der Waals surface area contributed by atoms with E-state index in [1.807, 2.05) is 37.3 Å². The lowest BCUT2D eigenvalue weighted by atomic mass is 9.95. The van der Waals surface area contributed by atoms with Crippen molar-refractivity contribution in [3.63, 3.8) is 0 Å². The summed E-state index contributed by atoms with van der Waals surface area (Å²) in [6, 6.07) is 16.4. The van der Waals surface area contributed by atoms with E-state index in [0.717, 1.165) is 5.56 Å². The van der Waals surface area contributed by atoms with E-state index in [1.54, 1.807) is 31.3 Å². The number of hydrogen-bond acceptors (Lipinski definition) is 2. The van der Waals surface area contributed by atoms with Crippen LogP contribution in [0.5, 0.6) is 0 Å². The number of carbonyl (C=O) groups excluding carboxylic acids is 2. The summed E-state index contributed by atoms with van der Waals surface area (Å²) in [5, 5.41) is 2.62. The highest BCUT2D eigenvalue weighted by molar-refractivity contribution is 6.09. The molecule has 1 amide bonds. The van der Waals surface area contributed by atoms with Crippen molar-refractivity contribution in [3.05, 3.63) is 71.3 Å². The molecule has 0 aromatic heterocycles. The lowest BCUT2D eigenvalue weighted by molar-refractivity contribution is -0.121. The average molecular weight is 267 g/mol. The molecule has 0 aliphatic carbocycles. The summed E-state index contributed by atoms with van der Waals surface area (Å²) >= 11 is 0. The van der Waals surface area contributed by atoms with Gasteiger partial charge in [-0.05, 0) is 18.6 Å². The number of hydrogen-bond donors (Lipinski definition) is 1. The Labute approximate surface area is 118 Å². The van der Waals surface area contributed by atoms with E-state index >= 15 is 0 Å². The molecule has 20 heavy (non-hydrogen) atoms. The van der Waals surface area contributed by atoms with Crippen LogP contribution in [0.1, 0.15) is 34.3 Å². The molecule has 1 unspecified atom stereocenters. The van der Waals surface area contributed by atoms with E-state index in [9.17, 15) is 9.59 Å². The fourth-order valence-corrected chi connectivity index (χ4v) is 2.07. The van der Waals surface area contributed by atoms with E-state index in [-0.39, 0.29) is 17.6 Å². The third-order valence-corrected chi connectivity index (χ3v) is 3.32. The molecular weight excluding hydrogens is 250 g/mol. The molecule has 0 saturated carbocycles. The van der Waals surface area contributed by atoms with Gasteiger partial charge >= 0.3 is 0 Å². The summed E-state index contributed by atoms with van der Waals surface area (Å²) in [5.74, 6) is -0.366.